The Hall–Kier alpha value is -1.79. The monoisotopic (exact) mass is 322 g/mol. The van der Waals surface area contributed by atoms with Gasteiger partial charge in [0, 0.05) is 22.9 Å². The zero-order valence-electron chi connectivity index (χ0n) is 12.5. The number of carbonyl (C=O) groups is 1. The highest BCUT2D eigenvalue weighted by Gasteiger charge is 2.24. The number of hydrogen-bond acceptors (Lipinski definition) is 5. The molecular weight excluding hydrogens is 304 g/mol. The van der Waals surface area contributed by atoms with Gasteiger partial charge in [-0.1, -0.05) is 0 Å². The molecule has 0 saturated carbocycles. The summed E-state index contributed by atoms with van der Waals surface area (Å²) in [5, 5.41) is 10.3. The molecule has 6 heteroatoms. The minimum absolute atomic E-state index is 0.00283. The van der Waals surface area contributed by atoms with Crippen LogP contribution in [0.5, 0.6) is 11.5 Å². The van der Waals surface area contributed by atoms with Gasteiger partial charge in [-0.05, 0) is 24.6 Å². The molecule has 3 rings (SSSR count). The van der Waals surface area contributed by atoms with Crippen LogP contribution in [0.25, 0.3) is 10.1 Å². The van der Waals surface area contributed by atoms with Gasteiger partial charge in [0.25, 0.3) is 0 Å². The summed E-state index contributed by atoms with van der Waals surface area (Å²) in [6.07, 6.45) is 1.55. The van der Waals surface area contributed by atoms with Crippen molar-refractivity contribution in [1.82, 2.24) is 0 Å². The standard InChI is InChI=1S/C16H18O5S/c1-9-7-13-11(8-12(9)19-2)14(15(22-13)16(17)18)21-10-3-5-20-6-4-10/h7-8,10H,3-6H2,1-2H3,(H,17,18). The van der Waals surface area contributed by atoms with Crippen molar-refractivity contribution in [3.8, 4) is 11.5 Å². The predicted molar refractivity (Wildman–Crippen MR) is 84.5 cm³/mol. The summed E-state index contributed by atoms with van der Waals surface area (Å²) in [5.74, 6) is 0.233. The average molecular weight is 322 g/mol. The van der Waals surface area contributed by atoms with E-state index in [0.29, 0.717) is 19.0 Å². The van der Waals surface area contributed by atoms with Crippen molar-refractivity contribution in [3.05, 3.63) is 22.6 Å². The summed E-state index contributed by atoms with van der Waals surface area (Å²) in [6, 6.07) is 3.81. The highest BCUT2D eigenvalue weighted by molar-refractivity contribution is 7.21. The number of ether oxygens (including phenoxy) is 3. The number of aromatic carboxylic acids is 1. The minimum Gasteiger partial charge on any atom is -0.496 e. The van der Waals surface area contributed by atoms with Crippen LogP contribution in [-0.4, -0.2) is 37.5 Å². The number of carboxylic acid groups (broad SMARTS) is 1. The summed E-state index contributed by atoms with van der Waals surface area (Å²) in [6.45, 7) is 3.24. The number of fused-ring (bicyclic) bond motifs is 1. The Morgan fingerprint density at radius 1 is 1.36 bits per heavy atom. The van der Waals surface area contributed by atoms with Gasteiger partial charge in [0.05, 0.1) is 20.3 Å². The first-order valence-electron chi connectivity index (χ1n) is 7.19. The molecule has 1 N–H and O–H groups in total. The first-order valence-corrected chi connectivity index (χ1v) is 8.00. The molecule has 1 fully saturated rings. The van der Waals surface area contributed by atoms with Gasteiger partial charge in [0.1, 0.15) is 11.9 Å². The van der Waals surface area contributed by atoms with Crippen molar-refractivity contribution in [3.63, 3.8) is 0 Å². The van der Waals surface area contributed by atoms with E-state index < -0.39 is 5.97 Å². The van der Waals surface area contributed by atoms with Crippen LogP contribution in [0.1, 0.15) is 28.1 Å². The highest BCUT2D eigenvalue weighted by atomic mass is 32.1. The van der Waals surface area contributed by atoms with Gasteiger partial charge >= 0.3 is 5.97 Å². The Morgan fingerprint density at radius 3 is 2.73 bits per heavy atom. The van der Waals surface area contributed by atoms with E-state index in [1.54, 1.807) is 7.11 Å². The van der Waals surface area contributed by atoms with Gasteiger partial charge < -0.3 is 19.3 Å². The molecule has 0 spiro atoms. The minimum atomic E-state index is -0.958. The Morgan fingerprint density at radius 2 is 2.09 bits per heavy atom. The van der Waals surface area contributed by atoms with Crippen molar-refractivity contribution in [2.45, 2.75) is 25.9 Å². The van der Waals surface area contributed by atoms with E-state index in [-0.39, 0.29) is 11.0 Å². The molecule has 22 heavy (non-hydrogen) atoms. The van der Waals surface area contributed by atoms with E-state index in [2.05, 4.69) is 0 Å². The number of thiophene rings is 1. The second-order valence-electron chi connectivity index (χ2n) is 5.31. The van der Waals surface area contributed by atoms with Gasteiger partial charge in [0.2, 0.25) is 0 Å². The zero-order chi connectivity index (χ0) is 15.7. The normalized spacial score (nSPS) is 15.9. The summed E-state index contributed by atoms with van der Waals surface area (Å²) in [4.78, 5) is 11.8. The average Bonchev–Trinajstić information content (AvgIpc) is 2.85. The van der Waals surface area contributed by atoms with Crippen LogP contribution in [-0.2, 0) is 4.74 Å². The third kappa shape index (κ3) is 2.76. The number of hydrogen-bond donors (Lipinski definition) is 1. The van der Waals surface area contributed by atoms with E-state index in [1.807, 2.05) is 19.1 Å². The quantitative estimate of drug-likeness (QED) is 0.933. The number of carboxylic acids is 1. The lowest BCUT2D eigenvalue weighted by Gasteiger charge is -2.23. The third-order valence-corrected chi connectivity index (χ3v) is 4.93. The zero-order valence-corrected chi connectivity index (χ0v) is 13.4. The lowest BCUT2D eigenvalue weighted by atomic mass is 10.1. The second-order valence-corrected chi connectivity index (χ2v) is 6.37. The fourth-order valence-corrected chi connectivity index (χ4v) is 3.70. The number of benzene rings is 1. The molecule has 1 aliphatic rings. The summed E-state index contributed by atoms with van der Waals surface area (Å²) >= 11 is 1.24. The molecule has 2 heterocycles. The molecule has 0 amide bonds. The molecule has 0 unspecified atom stereocenters. The van der Waals surface area contributed by atoms with E-state index in [0.717, 1.165) is 34.2 Å². The van der Waals surface area contributed by atoms with Gasteiger partial charge in [-0.2, -0.15) is 0 Å². The summed E-state index contributed by atoms with van der Waals surface area (Å²) < 4.78 is 17.6. The Balaban J connectivity index is 2.07. The lowest BCUT2D eigenvalue weighted by molar-refractivity contribution is 0.0257. The van der Waals surface area contributed by atoms with Crippen LogP contribution >= 0.6 is 11.3 Å². The van der Waals surface area contributed by atoms with Crippen molar-refractivity contribution in [2.24, 2.45) is 0 Å². The maximum atomic E-state index is 11.5. The number of aryl methyl sites for hydroxylation is 1. The molecule has 118 valence electrons. The van der Waals surface area contributed by atoms with Crippen LogP contribution in [0.15, 0.2) is 12.1 Å². The molecule has 0 radical (unpaired) electrons. The Bertz CT molecular complexity index is 700. The van der Waals surface area contributed by atoms with Gasteiger partial charge in [-0.25, -0.2) is 4.79 Å². The van der Waals surface area contributed by atoms with Crippen LogP contribution in [0.4, 0.5) is 0 Å². The van der Waals surface area contributed by atoms with Crippen LogP contribution in [0.3, 0.4) is 0 Å². The fourth-order valence-electron chi connectivity index (χ4n) is 2.64. The highest BCUT2D eigenvalue weighted by Crippen LogP contribution is 2.42. The molecule has 0 aliphatic carbocycles. The number of methoxy groups -OCH3 is 1. The first-order chi connectivity index (χ1) is 10.6. The summed E-state index contributed by atoms with van der Waals surface area (Å²) in [5.41, 5.74) is 0.978. The van der Waals surface area contributed by atoms with E-state index in [1.165, 1.54) is 11.3 Å². The van der Waals surface area contributed by atoms with Crippen molar-refractivity contribution < 1.29 is 24.1 Å². The molecular formula is C16H18O5S. The first kappa shape index (κ1) is 15.1. The van der Waals surface area contributed by atoms with Gasteiger partial charge in [-0.3, -0.25) is 0 Å². The topological polar surface area (TPSA) is 65.0 Å². The van der Waals surface area contributed by atoms with E-state index in [4.69, 9.17) is 14.2 Å². The maximum absolute atomic E-state index is 11.5. The SMILES string of the molecule is COc1cc2c(OC3CCOCC3)c(C(=O)O)sc2cc1C. The van der Waals surface area contributed by atoms with Crippen LogP contribution in [0, 0.1) is 6.92 Å². The molecule has 2 aromatic rings. The lowest BCUT2D eigenvalue weighted by Crippen LogP contribution is -2.26. The predicted octanol–water partition coefficient (Wildman–Crippen LogP) is 3.47. The molecule has 0 bridgehead atoms. The van der Waals surface area contributed by atoms with Crippen molar-refractivity contribution in [1.29, 1.82) is 0 Å². The van der Waals surface area contributed by atoms with E-state index >= 15 is 0 Å². The number of rotatable bonds is 4. The molecule has 0 atom stereocenters. The van der Waals surface area contributed by atoms with Gasteiger partial charge in [-0.15, -0.1) is 11.3 Å². The van der Waals surface area contributed by atoms with E-state index in [9.17, 15) is 9.90 Å². The second kappa shape index (κ2) is 6.14. The maximum Gasteiger partial charge on any atom is 0.349 e. The molecule has 1 aromatic heterocycles. The Labute approximate surface area is 132 Å². The van der Waals surface area contributed by atoms with Crippen molar-refractivity contribution in [2.75, 3.05) is 20.3 Å². The third-order valence-electron chi connectivity index (χ3n) is 3.81. The van der Waals surface area contributed by atoms with Crippen LogP contribution < -0.4 is 9.47 Å². The smallest absolute Gasteiger partial charge is 0.349 e. The molecule has 1 aliphatic heterocycles. The fraction of sp³-hybridized carbons (Fsp3) is 0.438. The molecule has 1 saturated heterocycles. The van der Waals surface area contributed by atoms with Gasteiger partial charge in [0.15, 0.2) is 10.6 Å². The van der Waals surface area contributed by atoms with Crippen molar-refractivity contribution >= 4 is 27.4 Å². The Kier molecular flexibility index (Phi) is 4.22. The largest absolute Gasteiger partial charge is 0.496 e. The van der Waals surface area contributed by atoms with Crippen LogP contribution in [0.2, 0.25) is 0 Å². The molecule has 1 aromatic carbocycles. The molecule has 5 nitrogen and oxygen atoms in total. The summed E-state index contributed by atoms with van der Waals surface area (Å²) in [7, 11) is 1.61.